The molecule has 1 fully saturated rings. The van der Waals surface area contributed by atoms with Crippen LogP contribution in [0.25, 0.3) is 0 Å². The number of halogens is 1. The molecule has 0 bridgehead atoms. The van der Waals surface area contributed by atoms with Crippen molar-refractivity contribution in [3.05, 3.63) is 28.7 Å². The van der Waals surface area contributed by atoms with Gasteiger partial charge in [0.15, 0.2) is 0 Å². The minimum absolute atomic E-state index is 0.0967. The average Bonchev–Trinajstić information content (AvgIpc) is 2.40. The molecule has 0 aromatic heterocycles. The third-order valence-electron chi connectivity index (χ3n) is 2.60. The molecule has 84 valence electrons. The molecule has 0 radical (unpaired) electrons. The predicted octanol–water partition coefficient (Wildman–Crippen LogP) is 2.88. The molecule has 2 amide bonds. The molecule has 1 aromatic carbocycles. The molecule has 1 saturated heterocycles. The second-order valence-corrected chi connectivity index (χ2v) is 4.73. The molecule has 0 spiro atoms. The van der Waals surface area contributed by atoms with Crippen LogP contribution in [0.3, 0.4) is 0 Å². The van der Waals surface area contributed by atoms with Crippen molar-refractivity contribution >= 4 is 33.4 Å². The van der Waals surface area contributed by atoms with Crippen LogP contribution in [0.15, 0.2) is 28.7 Å². The van der Waals surface area contributed by atoms with Crippen molar-refractivity contribution in [2.45, 2.75) is 25.7 Å². The number of carbonyl (C=O) groups is 2. The van der Waals surface area contributed by atoms with Crippen LogP contribution >= 0.6 is 15.9 Å². The van der Waals surface area contributed by atoms with Crippen molar-refractivity contribution in [2.75, 3.05) is 4.90 Å². The van der Waals surface area contributed by atoms with Gasteiger partial charge in [-0.25, -0.2) is 0 Å². The molecule has 0 saturated carbocycles. The molecule has 4 heteroatoms. The Kier molecular flexibility index (Phi) is 3.39. The Morgan fingerprint density at radius 3 is 2.25 bits per heavy atom. The van der Waals surface area contributed by atoms with E-state index in [9.17, 15) is 9.59 Å². The lowest BCUT2D eigenvalue weighted by Gasteiger charge is -2.18. The topological polar surface area (TPSA) is 37.4 Å². The predicted molar refractivity (Wildman–Crippen MR) is 65.1 cm³/mol. The second-order valence-electron chi connectivity index (χ2n) is 3.81. The lowest BCUT2D eigenvalue weighted by molar-refractivity contribution is -0.125. The van der Waals surface area contributed by atoms with Crippen molar-refractivity contribution < 1.29 is 9.59 Å². The lowest BCUT2D eigenvalue weighted by atomic mass is 10.2. The molecule has 1 heterocycles. The highest BCUT2D eigenvalue weighted by Crippen LogP contribution is 2.24. The fourth-order valence-corrected chi connectivity index (χ4v) is 2.21. The molecule has 0 atom stereocenters. The summed E-state index contributed by atoms with van der Waals surface area (Å²) in [5.74, 6) is -0.193. The van der Waals surface area contributed by atoms with E-state index in [0.717, 1.165) is 17.3 Å². The van der Waals surface area contributed by atoms with Crippen molar-refractivity contribution in [3.63, 3.8) is 0 Å². The van der Waals surface area contributed by atoms with E-state index in [0.29, 0.717) is 18.5 Å². The molecule has 0 N–H and O–H groups in total. The smallest absolute Gasteiger partial charge is 0.233 e. The van der Waals surface area contributed by atoms with E-state index >= 15 is 0 Å². The number of rotatable bonds is 1. The van der Waals surface area contributed by atoms with Crippen LogP contribution in [0.1, 0.15) is 25.7 Å². The number of anilines is 1. The summed E-state index contributed by atoms with van der Waals surface area (Å²) in [7, 11) is 0. The molecule has 3 nitrogen and oxygen atoms in total. The Bertz CT molecular complexity index is 413. The van der Waals surface area contributed by atoms with E-state index in [1.165, 1.54) is 4.90 Å². The number of hydrogen-bond acceptors (Lipinski definition) is 2. The maximum atomic E-state index is 11.8. The zero-order valence-electron chi connectivity index (χ0n) is 8.78. The first kappa shape index (κ1) is 11.3. The van der Waals surface area contributed by atoms with Gasteiger partial charge in [0.1, 0.15) is 0 Å². The third kappa shape index (κ3) is 2.32. The van der Waals surface area contributed by atoms with Crippen LogP contribution in [0, 0.1) is 0 Å². The first-order valence-electron chi connectivity index (χ1n) is 5.30. The summed E-state index contributed by atoms with van der Waals surface area (Å²) < 4.78 is 0.870. The number of benzene rings is 1. The molecule has 2 rings (SSSR count). The van der Waals surface area contributed by atoms with Gasteiger partial charge in [-0.2, -0.15) is 0 Å². The van der Waals surface area contributed by atoms with Crippen LogP contribution < -0.4 is 4.90 Å². The first-order valence-corrected chi connectivity index (χ1v) is 6.09. The van der Waals surface area contributed by atoms with E-state index in [1.807, 2.05) is 12.1 Å². The van der Waals surface area contributed by atoms with Gasteiger partial charge in [0, 0.05) is 17.3 Å². The molecule has 16 heavy (non-hydrogen) atoms. The lowest BCUT2D eigenvalue weighted by Crippen LogP contribution is -2.34. The molecule has 1 aliphatic heterocycles. The Balaban J connectivity index is 2.36. The molecule has 1 aromatic rings. The first-order chi connectivity index (χ1) is 7.68. The number of hydrogen-bond donors (Lipinski definition) is 0. The van der Waals surface area contributed by atoms with Gasteiger partial charge in [0.05, 0.1) is 5.69 Å². The van der Waals surface area contributed by atoms with Crippen molar-refractivity contribution in [3.8, 4) is 0 Å². The normalized spacial score (nSPS) is 17.4. The highest BCUT2D eigenvalue weighted by Gasteiger charge is 2.25. The summed E-state index contributed by atoms with van der Waals surface area (Å²) in [5.41, 5.74) is 0.659. The zero-order valence-corrected chi connectivity index (χ0v) is 10.4. The summed E-state index contributed by atoms with van der Waals surface area (Å²) in [6.45, 7) is 0. The number of carbonyl (C=O) groups excluding carboxylic acids is 2. The maximum absolute atomic E-state index is 11.8. The zero-order chi connectivity index (χ0) is 11.5. The minimum Gasteiger partial charge on any atom is -0.274 e. The van der Waals surface area contributed by atoms with Gasteiger partial charge in [-0.15, -0.1) is 0 Å². The van der Waals surface area contributed by atoms with E-state index in [4.69, 9.17) is 0 Å². The van der Waals surface area contributed by atoms with Crippen LogP contribution in [0.4, 0.5) is 5.69 Å². The van der Waals surface area contributed by atoms with E-state index in [-0.39, 0.29) is 11.8 Å². The maximum Gasteiger partial charge on any atom is 0.233 e. The fourth-order valence-electron chi connectivity index (χ4n) is 1.82. The average molecular weight is 282 g/mol. The van der Waals surface area contributed by atoms with E-state index < -0.39 is 0 Å². The van der Waals surface area contributed by atoms with Crippen LogP contribution in [0.5, 0.6) is 0 Å². The fraction of sp³-hybridized carbons (Fsp3) is 0.333. The molecule has 0 aliphatic carbocycles. The Morgan fingerprint density at radius 2 is 1.69 bits per heavy atom. The molecular weight excluding hydrogens is 270 g/mol. The SMILES string of the molecule is O=C1CCCCC(=O)N1c1cccc(Br)c1. The van der Waals surface area contributed by atoms with E-state index in [1.54, 1.807) is 12.1 Å². The number of amides is 2. The molecular formula is C12H12BrNO2. The van der Waals surface area contributed by atoms with Gasteiger partial charge < -0.3 is 0 Å². The monoisotopic (exact) mass is 281 g/mol. The van der Waals surface area contributed by atoms with Gasteiger partial charge >= 0.3 is 0 Å². The second kappa shape index (κ2) is 4.78. The van der Waals surface area contributed by atoms with Crippen molar-refractivity contribution in [1.29, 1.82) is 0 Å². The van der Waals surface area contributed by atoms with Gasteiger partial charge in [-0.3, -0.25) is 14.5 Å². The van der Waals surface area contributed by atoms with Gasteiger partial charge in [-0.05, 0) is 31.0 Å². The minimum atomic E-state index is -0.0967. The quantitative estimate of drug-likeness (QED) is 0.743. The Labute approximate surface area is 103 Å². The highest BCUT2D eigenvalue weighted by atomic mass is 79.9. The molecule has 0 unspecified atom stereocenters. The van der Waals surface area contributed by atoms with Gasteiger partial charge in [0.2, 0.25) is 11.8 Å². The summed E-state index contributed by atoms with van der Waals surface area (Å²) in [6.07, 6.45) is 2.51. The summed E-state index contributed by atoms with van der Waals surface area (Å²) in [6, 6.07) is 7.27. The van der Waals surface area contributed by atoms with Crippen LogP contribution in [-0.4, -0.2) is 11.8 Å². The molecule has 1 aliphatic rings. The third-order valence-corrected chi connectivity index (χ3v) is 3.09. The van der Waals surface area contributed by atoms with Gasteiger partial charge in [0.25, 0.3) is 0 Å². The number of nitrogens with zero attached hydrogens (tertiary/aromatic N) is 1. The van der Waals surface area contributed by atoms with Crippen molar-refractivity contribution in [2.24, 2.45) is 0 Å². The van der Waals surface area contributed by atoms with Crippen molar-refractivity contribution in [1.82, 2.24) is 0 Å². The highest BCUT2D eigenvalue weighted by molar-refractivity contribution is 9.10. The summed E-state index contributed by atoms with van der Waals surface area (Å²) in [4.78, 5) is 25.0. The largest absolute Gasteiger partial charge is 0.274 e. The van der Waals surface area contributed by atoms with Gasteiger partial charge in [-0.1, -0.05) is 22.0 Å². The standard InChI is InChI=1S/C12H12BrNO2/c13-9-4-3-5-10(8-9)14-11(15)6-1-2-7-12(14)16/h3-5,8H,1-2,6-7H2. The number of imide groups is 1. The Hall–Kier alpha value is -1.16. The summed E-state index contributed by atoms with van der Waals surface area (Å²) in [5, 5.41) is 0. The Morgan fingerprint density at radius 1 is 1.06 bits per heavy atom. The van der Waals surface area contributed by atoms with Crippen LogP contribution in [-0.2, 0) is 9.59 Å². The van der Waals surface area contributed by atoms with E-state index in [2.05, 4.69) is 15.9 Å². The van der Waals surface area contributed by atoms with Crippen LogP contribution in [0.2, 0.25) is 0 Å². The summed E-state index contributed by atoms with van der Waals surface area (Å²) >= 11 is 3.34.